The molecule has 0 saturated heterocycles. The highest BCUT2D eigenvalue weighted by molar-refractivity contribution is 5.56. The summed E-state index contributed by atoms with van der Waals surface area (Å²) in [6.45, 7) is 2.60. The molecule has 1 rings (SSSR count). The zero-order chi connectivity index (χ0) is 9.68. The maximum atomic E-state index is 8.57. The number of aryl methyl sites for hydroxylation is 1. The summed E-state index contributed by atoms with van der Waals surface area (Å²) in [5, 5.41) is 8.57. The number of benzene rings is 1. The van der Waals surface area contributed by atoms with E-state index in [-0.39, 0.29) is 6.61 Å². The van der Waals surface area contributed by atoms with Crippen molar-refractivity contribution in [3.63, 3.8) is 0 Å². The number of hydrogen-bond donors (Lipinski definition) is 2. The fraction of sp³-hybridized carbons (Fsp3) is 0.400. The van der Waals surface area contributed by atoms with Crippen LogP contribution in [0.15, 0.2) is 18.2 Å². The van der Waals surface area contributed by atoms with Crippen LogP contribution in [0.2, 0.25) is 0 Å². The lowest BCUT2D eigenvalue weighted by Crippen LogP contribution is -2.03. The van der Waals surface area contributed by atoms with Crippen molar-refractivity contribution in [1.82, 2.24) is 0 Å². The number of nitrogen functional groups attached to an aromatic ring is 1. The number of hydrogen-bond acceptors (Lipinski definition) is 3. The molecule has 0 atom stereocenters. The molecule has 0 aliphatic rings. The lowest BCUT2D eigenvalue weighted by atomic mass is 10.2. The predicted molar refractivity (Wildman–Crippen MR) is 52.8 cm³/mol. The van der Waals surface area contributed by atoms with E-state index in [1.54, 1.807) is 6.07 Å². The summed E-state index contributed by atoms with van der Waals surface area (Å²) in [5.41, 5.74) is 7.39. The molecule has 0 heterocycles. The van der Waals surface area contributed by atoms with Gasteiger partial charge in [-0.05, 0) is 18.6 Å². The quantitative estimate of drug-likeness (QED) is 0.544. The molecule has 0 bridgehead atoms. The molecule has 3 nitrogen and oxygen atoms in total. The topological polar surface area (TPSA) is 55.5 Å². The normalized spacial score (nSPS) is 10.0. The minimum atomic E-state index is 0.145. The van der Waals surface area contributed by atoms with Crippen LogP contribution in [0, 0.1) is 6.92 Å². The maximum Gasteiger partial charge on any atom is 0.145 e. The average Bonchev–Trinajstić information content (AvgIpc) is 2.10. The van der Waals surface area contributed by atoms with Crippen molar-refractivity contribution >= 4 is 5.69 Å². The summed E-state index contributed by atoms with van der Waals surface area (Å²) in [7, 11) is 0. The van der Waals surface area contributed by atoms with Crippen LogP contribution in [0.3, 0.4) is 0 Å². The summed E-state index contributed by atoms with van der Waals surface area (Å²) in [6, 6.07) is 5.65. The molecule has 1 aromatic carbocycles. The van der Waals surface area contributed by atoms with Crippen LogP contribution >= 0.6 is 0 Å². The Morgan fingerprint density at radius 2 is 2.23 bits per heavy atom. The number of para-hydroxylation sites is 1. The van der Waals surface area contributed by atoms with E-state index < -0.39 is 0 Å². The molecule has 0 aliphatic carbocycles. The maximum absolute atomic E-state index is 8.57. The van der Waals surface area contributed by atoms with Gasteiger partial charge in [-0.15, -0.1) is 0 Å². The molecule has 0 fully saturated rings. The van der Waals surface area contributed by atoms with Gasteiger partial charge in [0.05, 0.1) is 12.3 Å². The van der Waals surface area contributed by atoms with Crippen molar-refractivity contribution < 1.29 is 9.84 Å². The summed E-state index contributed by atoms with van der Waals surface area (Å²) in [6.07, 6.45) is 0.633. The Morgan fingerprint density at radius 3 is 2.85 bits per heavy atom. The summed E-state index contributed by atoms with van der Waals surface area (Å²) >= 11 is 0. The van der Waals surface area contributed by atoms with E-state index in [4.69, 9.17) is 15.6 Å². The highest BCUT2D eigenvalue weighted by Gasteiger charge is 2.02. The van der Waals surface area contributed by atoms with Crippen LogP contribution in [-0.2, 0) is 0 Å². The first-order chi connectivity index (χ1) is 6.25. The fourth-order valence-electron chi connectivity index (χ4n) is 1.11. The third-order valence-electron chi connectivity index (χ3n) is 1.79. The van der Waals surface area contributed by atoms with Crippen LogP contribution in [0.25, 0.3) is 0 Å². The lowest BCUT2D eigenvalue weighted by Gasteiger charge is -2.10. The van der Waals surface area contributed by atoms with Gasteiger partial charge in [0.25, 0.3) is 0 Å². The number of rotatable bonds is 4. The van der Waals surface area contributed by atoms with Gasteiger partial charge in [0, 0.05) is 13.0 Å². The van der Waals surface area contributed by atoms with Gasteiger partial charge in [0.15, 0.2) is 0 Å². The van der Waals surface area contributed by atoms with Crippen molar-refractivity contribution in [2.75, 3.05) is 18.9 Å². The SMILES string of the molecule is Cc1cccc(N)c1OCCCO. The standard InChI is InChI=1S/C10H15NO2/c1-8-4-2-5-9(11)10(8)13-7-3-6-12/h2,4-5,12H,3,6-7,11H2,1H3. The number of aliphatic hydroxyl groups excluding tert-OH is 1. The van der Waals surface area contributed by atoms with E-state index in [2.05, 4.69) is 0 Å². The number of anilines is 1. The molecule has 0 unspecified atom stereocenters. The second-order valence-electron chi connectivity index (χ2n) is 2.92. The van der Waals surface area contributed by atoms with Crippen molar-refractivity contribution in [3.8, 4) is 5.75 Å². The van der Waals surface area contributed by atoms with Crippen LogP contribution in [0.1, 0.15) is 12.0 Å². The Labute approximate surface area is 78.1 Å². The monoisotopic (exact) mass is 181 g/mol. The molecule has 13 heavy (non-hydrogen) atoms. The first-order valence-corrected chi connectivity index (χ1v) is 4.34. The molecule has 0 radical (unpaired) electrons. The van der Waals surface area contributed by atoms with Crippen LogP contribution < -0.4 is 10.5 Å². The van der Waals surface area contributed by atoms with Gasteiger partial charge in [-0.2, -0.15) is 0 Å². The fourth-order valence-corrected chi connectivity index (χ4v) is 1.11. The number of ether oxygens (including phenoxy) is 1. The van der Waals surface area contributed by atoms with Crippen LogP contribution in [0.5, 0.6) is 5.75 Å². The minimum Gasteiger partial charge on any atom is -0.491 e. The van der Waals surface area contributed by atoms with E-state index in [0.717, 1.165) is 11.3 Å². The zero-order valence-corrected chi connectivity index (χ0v) is 7.79. The van der Waals surface area contributed by atoms with Crippen molar-refractivity contribution in [1.29, 1.82) is 0 Å². The van der Waals surface area contributed by atoms with Crippen LogP contribution in [0.4, 0.5) is 5.69 Å². The molecule has 3 N–H and O–H groups in total. The Hall–Kier alpha value is -1.22. The first-order valence-electron chi connectivity index (χ1n) is 4.34. The second kappa shape index (κ2) is 4.72. The highest BCUT2D eigenvalue weighted by atomic mass is 16.5. The molecule has 0 saturated carbocycles. The van der Waals surface area contributed by atoms with E-state index in [0.29, 0.717) is 18.7 Å². The highest BCUT2D eigenvalue weighted by Crippen LogP contribution is 2.25. The first kappa shape index (κ1) is 9.86. The van der Waals surface area contributed by atoms with Crippen molar-refractivity contribution in [2.24, 2.45) is 0 Å². The van der Waals surface area contributed by atoms with Gasteiger partial charge >= 0.3 is 0 Å². The van der Waals surface area contributed by atoms with Crippen molar-refractivity contribution in [3.05, 3.63) is 23.8 Å². The number of nitrogens with two attached hydrogens (primary N) is 1. The third kappa shape index (κ3) is 2.63. The summed E-state index contributed by atoms with van der Waals surface area (Å²) in [4.78, 5) is 0. The molecule has 0 amide bonds. The van der Waals surface area contributed by atoms with E-state index in [9.17, 15) is 0 Å². The van der Waals surface area contributed by atoms with E-state index in [1.165, 1.54) is 0 Å². The van der Waals surface area contributed by atoms with Gasteiger partial charge in [-0.3, -0.25) is 0 Å². The largest absolute Gasteiger partial charge is 0.491 e. The number of aliphatic hydroxyl groups is 1. The van der Waals surface area contributed by atoms with Gasteiger partial charge in [0.2, 0.25) is 0 Å². The Bertz CT molecular complexity index is 253. The molecule has 1 aromatic rings. The molecular weight excluding hydrogens is 166 g/mol. The van der Waals surface area contributed by atoms with Crippen LogP contribution in [-0.4, -0.2) is 18.3 Å². The van der Waals surface area contributed by atoms with Gasteiger partial charge in [0.1, 0.15) is 5.75 Å². The van der Waals surface area contributed by atoms with E-state index in [1.807, 2.05) is 19.1 Å². The second-order valence-corrected chi connectivity index (χ2v) is 2.92. The van der Waals surface area contributed by atoms with Gasteiger partial charge in [-0.25, -0.2) is 0 Å². The smallest absolute Gasteiger partial charge is 0.145 e. The Kier molecular flexibility index (Phi) is 3.58. The van der Waals surface area contributed by atoms with Gasteiger partial charge in [-0.1, -0.05) is 12.1 Å². The molecule has 0 aromatic heterocycles. The minimum absolute atomic E-state index is 0.145. The third-order valence-corrected chi connectivity index (χ3v) is 1.79. The average molecular weight is 181 g/mol. The van der Waals surface area contributed by atoms with E-state index >= 15 is 0 Å². The molecule has 0 spiro atoms. The summed E-state index contributed by atoms with van der Waals surface area (Å²) in [5.74, 6) is 0.732. The zero-order valence-electron chi connectivity index (χ0n) is 7.79. The molecular formula is C10H15NO2. The van der Waals surface area contributed by atoms with Crippen molar-refractivity contribution in [2.45, 2.75) is 13.3 Å². The lowest BCUT2D eigenvalue weighted by molar-refractivity contribution is 0.233. The van der Waals surface area contributed by atoms with Gasteiger partial charge < -0.3 is 15.6 Å². The summed E-state index contributed by atoms with van der Waals surface area (Å²) < 4.78 is 5.42. The molecule has 72 valence electrons. The molecule has 0 aliphatic heterocycles. The predicted octanol–water partition coefficient (Wildman–Crippen LogP) is 1.34. The molecule has 3 heteroatoms. The Morgan fingerprint density at radius 1 is 1.46 bits per heavy atom. The Balaban J connectivity index is 2.64.